The number of piperidine rings is 1. The Hall–Kier alpha value is -2.41. The molecule has 27 heavy (non-hydrogen) atoms. The highest BCUT2D eigenvalue weighted by Gasteiger charge is 2.75. The molecule has 1 aromatic heterocycles. The molecule has 3 saturated heterocycles. The number of ether oxygens (including phenoxy) is 2. The molecule has 0 unspecified atom stereocenters. The number of carbonyl (C=O) groups excluding carboxylic acids is 3. The van der Waals surface area contributed by atoms with Gasteiger partial charge in [-0.2, -0.15) is 0 Å². The molecule has 0 aliphatic carbocycles. The number of fused-ring (bicyclic) bond motifs is 2. The Morgan fingerprint density at radius 2 is 2.04 bits per heavy atom. The molecule has 5 rings (SSSR count). The molecule has 0 N–H and O–H groups in total. The largest absolute Gasteiger partial charge is 0.469 e. The van der Waals surface area contributed by atoms with Crippen LogP contribution in [0.3, 0.4) is 0 Å². The number of nitrogens with zero attached hydrogens (tertiary/aromatic N) is 1. The van der Waals surface area contributed by atoms with Gasteiger partial charge in [-0.15, -0.1) is 0 Å². The number of amides is 1. The summed E-state index contributed by atoms with van der Waals surface area (Å²) in [5.41, 5.74) is -0.972. The molecule has 7 heteroatoms. The van der Waals surface area contributed by atoms with E-state index in [0.717, 1.165) is 0 Å². The van der Waals surface area contributed by atoms with Gasteiger partial charge in [0.15, 0.2) is 0 Å². The minimum atomic E-state index is -0.972. The molecule has 8 atom stereocenters. The minimum absolute atomic E-state index is 0.0717. The molecule has 4 aliphatic heterocycles. The first kappa shape index (κ1) is 16.7. The lowest BCUT2D eigenvalue weighted by atomic mass is 9.69. The highest BCUT2D eigenvalue weighted by Crippen LogP contribution is 2.60. The molecular weight excluding hydrogens is 350 g/mol. The second-order valence-corrected chi connectivity index (χ2v) is 7.95. The van der Waals surface area contributed by atoms with Crippen molar-refractivity contribution < 1.29 is 28.3 Å². The number of carbonyl (C=O) groups is 3. The van der Waals surface area contributed by atoms with Gasteiger partial charge in [0, 0.05) is 11.8 Å². The molecule has 1 aromatic rings. The van der Waals surface area contributed by atoms with Crippen molar-refractivity contribution in [3.8, 4) is 0 Å². The molecule has 0 aromatic carbocycles. The summed E-state index contributed by atoms with van der Waals surface area (Å²) in [6.07, 6.45) is 4.76. The maximum Gasteiger partial charge on any atom is 0.312 e. The molecule has 2 bridgehead atoms. The Morgan fingerprint density at radius 3 is 2.70 bits per heavy atom. The van der Waals surface area contributed by atoms with E-state index in [1.807, 2.05) is 26.0 Å². The van der Waals surface area contributed by atoms with Gasteiger partial charge in [-0.05, 0) is 12.1 Å². The lowest BCUT2D eigenvalue weighted by molar-refractivity contribution is -0.157. The van der Waals surface area contributed by atoms with Crippen LogP contribution in [0.25, 0.3) is 0 Å². The van der Waals surface area contributed by atoms with E-state index in [-0.39, 0.29) is 11.7 Å². The molecule has 4 aliphatic rings. The van der Waals surface area contributed by atoms with Gasteiger partial charge in [-0.1, -0.05) is 26.0 Å². The maximum absolute atomic E-state index is 13.6. The summed E-state index contributed by atoms with van der Waals surface area (Å²) in [6.45, 7) is 3.67. The first-order valence-electron chi connectivity index (χ1n) is 9.26. The second kappa shape index (κ2) is 5.32. The molecule has 5 heterocycles. The van der Waals surface area contributed by atoms with Gasteiger partial charge in [0.05, 0.1) is 37.5 Å². The number of hydrogen-bond acceptors (Lipinski definition) is 6. The van der Waals surface area contributed by atoms with Crippen LogP contribution in [-0.2, 0) is 23.9 Å². The van der Waals surface area contributed by atoms with E-state index in [9.17, 15) is 14.4 Å². The topological polar surface area (TPSA) is 86.1 Å². The predicted octanol–water partition coefficient (Wildman–Crippen LogP) is 1.50. The summed E-state index contributed by atoms with van der Waals surface area (Å²) < 4.78 is 16.8. The van der Waals surface area contributed by atoms with Gasteiger partial charge in [0.1, 0.15) is 23.1 Å². The van der Waals surface area contributed by atoms with Crippen LogP contribution < -0.4 is 0 Å². The van der Waals surface area contributed by atoms with Crippen molar-refractivity contribution in [1.82, 2.24) is 4.90 Å². The highest BCUT2D eigenvalue weighted by atomic mass is 16.5. The number of rotatable bonds is 2. The van der Waals surface area contributed by atoms with Crippen LogP contribution in [0.2, 0.25) is 0 Å². The zero-order chi connectivity index (χ0) is 19.1. The van der Waals surface area contributed by atoms with E-state index in [1.54, 1.807) is 23.3 Å². The summed E-state index contributed by atoms with van der Waals surface area (Å²) in [5, 5.41) is 0. The summed E-state index contributed by atoms with van der Waals surface area (Å²) in [5.74, 6) is -2.15. The average molecular weight is 371 g/mol. The lowest BCUT2D eigenvalue weighted by Crippen LogP contribution is -2.58. The smallest absolute Gasteiger partial charge is 0.312 e. The Balaban J connectivity index is 1.67. The van der Waals surface area contributed by atoms with Crippen LogP contribution >= 0.6 is 0 Å². The summed E-state index contributed by atoms with van der Waals surface area (Å²) in [6, 6.07) is 2.56. The van der Waals surface area contributed by atoms with Crippen LogP contribution in [0.15, 0.2) is 35.0 Å². The molecular formula is C20H21NO6. The summed E-state index contributed by atoms with van der Waals surface area (Å²) >= 11 is 0. The number of Topliss-reactive ketones (excluding diaryl/α,β-unsaturated/α-hetero) is 1. The van der Waals surface area contributed by atoms with E-state index in [1.165, 1.54) is 7.11 Å². The molecule has 3 fully saturated rings. The fourth-order valence-corrected chi connectivity index (χ4v) is 5.77. The van der Waals surface area contributed by atoms with Gasteiger partial charge in [-0.3, -0.25) is 14.4 Å². The quantitative estimate of drug-likeness (QED) is 0.578. The maximum atomic E-state index is 13.6. The third kappa shape index (κ3) is 1.83. The van der Waals surface area contributed by atoms with Crippen molar-refractivity contribution in [2.75, 3.05) is 7.11 Å². The minimum Gasteiger partial charge on any atom is -0.469 e. The van der Waals surface area contributed by atoms with E-state index in [4.69, 9.17) is 13.9 Å². The number of hydrogen-bond donors (Lipinski definition) is 0. The first-order chi connectivity index (χ1) is 12.9. The number of methoxy groups -OCH3 is 1. The van der Waals surface area contributed by atoms with Crippen LogP contribution in [0.5, 0.6) is 0 Å². The second-order valence-electron chi connectivity index (χ2n) is 7.95. The molecule has 0 radical (unpaired) electrons. The fraction of sp³-hybridized carbons (Fsp3) is 0.550. The number of ketones is 1. The van der Waals surface area contributed by atoms with Crippen molar-refractivity contribution in [1.29, 1.82) is 0 Å². The molecule has 1 amide bonds. The van der Waals surface area contributed by atoms with Crippen molar-refractivity contribution >= 4 is 17.7 Å². The van der Waals surface area contributed by atoms with Crippen LogP contribution in [0.1, 0.15) is 25.6 Å². The Kier molecular flexibility index (Phi) is 3.30. The fourth-order valence-electron chi connectivity index (χ4n) is 5.77. The summed E-state index contributed by atoms with van der Waals surface area (Å²) in [4.78, 5) is 40.8. The zero-order valence-electron chi connectivity index (χ0n) is 15.3. The van der Waals surface area contributed by atoms with Gasteiger partial charge < -0.3 is 18.8 Å². The zero-order valence-corrected chi connectivity index (χ0v) is 15.3. The van der Waals surface area contributed by atoms with Gasteiger partial charge >= 0.3 is 5.97 Å². The standard InChI is InChI=1S/C20H21NO6/c1-9-15(12-5-4-8-26-12)21-17(10(2)16(9)22)20-7-6-11(27-20)13(19(24)25-3)14(20)18(21)23/h4-11,13-15,17H,1-3H3/t9-,10-,11+,13+,14-,15-,17+,20+/m0/s1. The van der Waals surface area contributed by atoms with E-state index < -0.39 is 53.4 Å². The van der Waals surface area contributed by atoms with Crippen molar-refractivity contribution in [3.05, 3.63) is 36.3 Å². The van der Waals surface area contributed by atoms with E-state index >= 15 is 0 Å². The third-order valence-corrected chi connectivity index (χ3v) is 6.82. The van der Waals surface area contributed by atoms with Crippen LogP contribution in [0.4, 0.5) is 0 Å². The lowest BCUT2D eigenvalue weighted by Gasteiger charge is -2.46. The molecule has 0 saturated carbocycles. The van der Waals surface area contributed by atoms with E-state index in [0.29, 0.717) is 5.76 Å². The average Bonchev–Trinajstić information content (AvgIpc) is 3.42. The van der Waals surface area contributed by atoms with Crippen molar-refractivity contribution in [3.63, 3.8) is 0 Å². The van der Waals surface area contributed by atoms with Crippen molar-refractivity contribution in [2.45, 2.75) is 37.6 Å². The summed E-state index contributed by atoms with van der Waals surface area (Å²) in [7, 11) is 1.32. The first-order valence-corrected chi connectivity index (χ1v) is 9.26. The van der Waals surface area contributed by atoms with Crippen LogP contribution in [0, 0.1) is 23.7 Å². The Labute approximate surface area is 156 Å². The van der Waals surface area contributed by atoms with E-state index in [2.05, 4.69) is 0 Å². The molecule has 1 spiro atoms. The van der Waals surface area contributed by atoms with Gasteiger partial charge in [-0.25, -0.2) is 0 Å². The SMILES string of the molecule is COC(=O)[C@H]1[C@H]2C(=O)N3[C@H](c4ccco4)[C@H](C)C(=O)[C@H](C)[C@@H]3[C@@]23C=C[C@H]1O3. The Morgan fingerprint density at radius 1 is 1.26 bits per heavy atom. The van der Waals surface area contributed by atoms with Gasteiger partial charge in [0.2, 0.25) is 5.91 Å². The normalized spacial score (nSPS) is 44.6. The predicted molar refractivity (Wildman–Crippen MR) is 91.2 cm³/mol. The van der Waals surface area contributed by atoms with Crippen molar-refractivity contribution in [2.24, 2.45) is 23.7 Å². The molecule has 7 nitrogen and oxygen atoms in total. The number of furan rings is 1. The number of esters is 1. The van der Waals surface area contributed by atoms with Gasteiger partial charge in [0.25, 0.3) is 0 Å². The van der Waals surface area contributed by atoms with Crippen LogP contribution in [-0.4, -0.2) is 47.4 Å². The third-order valence-electron chi connectivity index (χ3n) is 6.82. The monoisotopic (exact) mass is 371 g/mol. The molecule has 142 valence electrons. The Bertz CT molecular complexity index is 860. The highest BCUT2D eigenvalue weighted by molar-refractivity contribution is 5.96.